The van der Waals surface area contributed by atoms with E-state index in [2.05, 4.69) is 6.92 Å². The summed E-state index contributed by atoms with van der Waals surface area (Å²) in [7, 11) is 0. The van der Waals surface area contributed by atoms with E-state index in [1.54, 1.807) is 42.5 Å². The van der Waals surface area contributed by atoms with Gasteiger partial charge in [-0.05, 0) is 44.5 Å². The van der Waals surface area contributed by atoms with Crippen molar-refractivity contribution in [3.05, 3.63) is 64.5 Å². The van der Waals surface area contributed by atoms with Gasteiger partial charge in [-0.2, -0.15) is 0 Å². The van der Waals surface area contributed by atoms with Crippen molar-refractivity contribution in [3.8, 4) is 17.2 Å². The van der Waals surface area contributed by atoms with E-state index < -0.39 is 11.6 Å². The lowest BCUT2D eigenvalue weighted by Crippen LogP contribution is -2.15. The number of hydrogen-bond acceptors (Lipinski definition) is 6. The molecule has 3 rings (SSSR count). The van der Waals surface area contributed by atoms with Crippen LogP contribution in [0.2, 0.25) is 0 Å². The maximum atomic E-state index is 12.8. The lowest BCUT2D eigenvalue weighted by molar-refractivity contribution is 0.0729. The van der Waals surface area contributed by atoms with Crippen LogP contribution in [0.4, 0.5) is 0 Å². The van der Waals surface area contributed by atoms with E-state index in [1.807, 2.05) is 19.9 Å². The second kappa shape index (κ2) is 13.6. The second-order valence-electron chi connectivity index (χ2n) is 8.95. The lowest BCUT2D eigenvalue weighted by Gasteiger charge is -2.14. The van der Waals surface area contributed by atoms with Gasteiger partial charge in [-0.3, -0.25) is 0 Å². The summed E-state index contributed by atoms with van der Waals surface area (Å²) in [5.74, 6) is -0.0245. The van der Waals surface area contributed by atoms with E-state index in [4.69, 9.17) is 18.6 Å². The first kappa shape index (κ1) is 26.3. The van der Waals surface area contributed by atoms with E-state index in [0.717, 1.165) is 19.3 Å². The van der Waals surface area contributed by atoms with Crippen molar-refractivity contribution in [1.29, 1.82) is 0 Å². The van der Waals surface area contributed by atoms with E-state index in [0.29, 0.717) is 23.3 Å². The third-order valence-corrected chi connectivity index (χ3v) is 5.61. The van der Waals surface area contributed by atoms with Gasteiger partial charge >= 0.3 is 11.6 Å². The molecule has 0 amide bonds. The highest BCUT2D eigenvalue weighted by Gasteiger charge is 2.22. The van der Waals surface area contributed by atoms with Crippen molar-refractivity contribution < 1.29 is 23.4 Å². The highest BCUT2D eigenvalue weighted by Crippen LogP contribution is 2.35. The van der Waals surface area contributed by atoms with E-state index in [1.165, 1.54) is 32.1 Å². The number of fused-ring (bicyclic) bond motifs is 1. The zero-order valence-electron chi connectivity index (χ0n) is 21.0. The Hall–Kier alpha value is -3.28. The van der Waals surface area contributed by atoms with Gasteiger partial charge in [-0.15, -0.1) is 0 Å². The first-order valence-electron chi connectivity index (χ1n) is 12.7. The summed E-state index contributed by atoms with van der Waals surface area (Å²) in [5.41, 5.74) is -0.0410. The molecule has 0 unspecified atom stereocenters. The van der Waals surface area contributed by atoms with E-state index in [9.17, 15) is 9.59 Å². The molecule has 0 aliphatic rings. The molecule has 1 aromatic heterocycles. The Balaban J connectivity index is 1.78. The fourth-order valence-corrected chi connectivity index (χ4v) is 3.84. The fraction of sp³-hybridized carbons (Fsp3) is 0.448. The average Bonchev–Trinajstić information content (AvgIpc) is 2.84. The van der Waals surface area contributed by atoms with Crippen LogP contribution in [-0.2, 0) is 0 Å². The number of rotatable bonds is 14. The first-order chi connectivity index (χ1) is 17.0. The summed E-state index contributed by atoms with van der Waals surface area (Å²) >= 11 is 0. The summed E-state index contributed by atoms with van der Waals surface area (Å²) in [6.07, 6.45) is 9.19. The molecule has 0 saturated heterocycles. The topological polar surface area (TPSA) is 75.0 Å². The Morgan fingerprint density at radius 3 is 2.26 bits per heavy atom. The van der Waals surface area contributed by atoms with Crippen LogP contribution in [0.1, 0.15) is 82.5 Å². The van der Waals surface area contributed by atoms with Crippen LogP contribution in [-0.4, -0.2) is 18.7 Å². The van der Waals surface area contributed by atoms with Crippen LogP contribution in [0.5, 0.6) is 17.2 Å². The molecule has 6 nitrogen and oxygen atoms in total. The number of ether oxygens (including phenoxy) is 3. The van der Waals surface area contributed by atoms with Crippen molar-refractivity contribution in [2.24, 2.45) is 0 Å². The van der Waals surface area contributed by atoms with Crippen molar-refractivity contribution in [3.63, 3.8) is 0 Å². The number of hydrogen-bond donors (Lipinski definition) is 0. The third kappa shape index (κ3) is 7.88. The van der Waals surface area contributed by atoms with Crippen molar-refractivity contribution in [2.45, 2.75) is 78.2 Å². The van der Waals surface area contributed by atoms with Gasteiger partial charge in [0.1, 0.15) is 11.3 Å². The van der Waals surface area contributed by atoms with Gasteiger partial charge in [-0.1, -0.05) is 70.1 Å². The van der Waals surface area contributed by atoms with Crippen LogP contribution in [0, 0.1) is 0 Å². The molecular weight excluding hydrogens is 444 g/mol. The van der Waals surface area contributed by atoms with Gasteiger partial charge in [0.25, 0.3) is 0 Å². The molecule has 3 aromatic rings. The normalized spacial score (nSPS) is 11.1. The number of carbonyl (C=O) groups is 1. The molecule has 0 bridgehead atoms. The lowest BCUT2D eigenvalue weighted by atomic mass is 10.1. The van der Waals surface area contributed by atoms with Crippen LogP contribution in [0.15, 0.2) is 57.7 Å². The first-order valence-corrected chi connectivity index (χ1v) is 12.7. The molecule has 35 heavy (non-hydrogen) atoms. The maximum Gasteiger partial charge on any atom is 0.383 e. The van der Waals surface area contributed by atoms with Gasteiger partial charge < -0.3 is 18.6 Å². The molecule has 2 aromatic carbocycles. The molecule has 0 atom stereocenters. The zero-order valence-corrected chi connectivity index (χ0v) is 21.0. The Kier molecular flexibility index (Phi) is 10.2. The molecule has 0 spiro atoms. The predicted octanol–water partition coefficient (Wildman–Crippen LogP) is 7.32. The minimum absolute atomic E-state index is 0.0381. The van der Waals surface area contributed by atoms with Crippen LogP contribution in [0.3, 0.4) is 0 Å². The maximum absolute atomic E-state index is 12.8. The molecule has 0 fully saturated rings. The minimum Gasteiger partial charge on any atom is -0.491 e. The third-order valence-electron chi connectivity index (χ3n) is 5.61. The standard InChI is InChI=1S/C29H36O6/c1-4-5-6-7-8-9-10-14-19-32-27-26(35-28(30)22-15-12-11-13-16-22)24-18-17-23(33-21(2)3)20-25(24)34-29(27)31/h11-13,15-18,20-21H,4-10,14,19H2,1-3H3. The highest BCUT2D eigenvalue weighted by atomic mass is 16.6. The summed E-state index contributed by atoms with van der Waals surface area (Å²) < 4.78 is 22.8. The molecule has 0 aliphatic carbocycles. The van der Waals surface area contributed by atoms with Gasteiger partial charge in [-0.25, -0.2) is 9.59 Å². The van der Waals surface area contributed by atoms with Crippen molar-refractivity contribution in [2.75, 3.05) is 6.61 Å². The number of esters is 1. The van der Waals surface area contributed by atoms with Crippen LogP contribution in [0.25, 0.3) is 11.0 Å². The number of unbranched alkanes of at least 4 members (excludes halogenated alkanes) is 7. The summed E-state index contributed by atoms with van der Waals surface area (Å²) in [5, 5.41) is 0.468. The number of benzene rings is 2. The van der Waals surface area contributed by atoms with Crippen molar-refractivity contribution in [1.82, 2.24) is 0 Å². The molecule has 0 N–H and O–H groups in total. The zero-order chi connectivity index (χ0) is 25.0. The summed E-state index contributed by atoms with van der Waals surface area (Å²) in [6, 6.07) is 13.7. The second-order valence-corrected chi connectivity index (χ2v) is 8.95. The largest absolute Gasteiger partial charge is 0.491 e. The molecule has 1 heterocycles. The van der Waals surface area contributed by atoms with Crippen LogP contribution < -0.4 is 19.8 Å². The van der Waals surface area contributed by atoms with E-state index >= 15 is 0 Å². The molecule has 188 valence electrons. The Morgan fingerprint density at radius 1 is 0.886 bits per heavy atom. The Labute approximate surface area is 207 Å². The molecular formula is C29H36O6. The Bertz CT molecular complexity index is 1130. The van der Waals surface area contributed by atoms with Gasteiger partial charge in [0.15, 0.2) is 5.75 Å². The molecule has 0 aliphatic heterocycles. The Morgan fingerprint density at radius 2 is 1.57 bits per heavy atom. The minimum atomic E-state index is -0.686. The SMILES string of the molecule is CCCCCCCCCCOc1c(OC(=O)c2ccccc2)c2ccc(OC(C)C)cc2oc1=O. The average molecular weight is 481 g/mol. The smallest absolute Gasteiger partial charge is 0.383 e. The summed E-state index contributed by atoms with van der Waals surface area (Å²) in [6.45, 7) is 6.38. The molecule has 6 heteroatoms. The summed E-state index contributed by atoms with van der Waals surface area (Å²) in [4.78, 5) is 25.7. The van der Waals surface area contributed by atoms with Gasteiger partial charge in [0.2, 0.25) is 5.75 Å². The fourth-order valence-electron chi connectivity index (χ4n) is 3.84. The molecule has 0 radical (unpaired) electrons. The van der Waals surface area contributed by atoms with E-state index in [-0.39, 0.29) is 23.2 Å². The highest BCUT2D eigenvalue weighted by molar-refractivity contribution is 5.95. The quantitative estimate of drug-likeness (QED) is 0.137. The monoisotopic (exact) mass is 480 g/mol. The van der Waals surface area contributed by atoms with Crippen LogP contribution >= 0.6 is 0 Å². The number of carbonyl (C=O) groups excluding carboxylic acids is 1. The molecule has 0 saturated carbocycles. The van der Waals surface area contributed by atoms with Gasteiger partial charge in [0, 0.05) is 6.07 Å². The van der Waals surface area contributed by atoms with Gasteiger partial charge in [0.05, 0.1) is 23.7 Å². The predicted molar refractivity (Wildman–Crippen MR) is 138 cm³/mol. The van der Waals surface area contributed by atoms with Crippen molar-refractivity contribution >= 4 is 16.9 Å².